The van der Waals surface area contributed by atoms with Gasteiger partial charge in [0, 0.05) is 5.92 Å². The summed E-state index contributed by atoms with van der Waals surface area (Å²) in [5.74, 6) is 7.68. The van der Waals surface area contributed by atoms with Crippen LogP contribution in [-0.2, 0) is 0 Å². The molecule has 0 atom stereocenters. The average molecular weight is 399 g/mol. The summed E-state index contributed by atoms with van der Waals surface area (Å²) in [4.78, 5) is 0. The molecule has 158 valence electrons. The molecule has 0 amide bonds. The number of allylic oxidation sites excluding steroid dienone is 2. The lowest BCUT2D eigenvalue weighted by Crippen LogP contribution is -2.13. The predicted molar refractivity (Wildman–Crippen MR) is 118 cm³/mol. The predicted octanol–water partition coefficient (Wildman–Crippen LogP) is 8.18. The number of halogens is 2. The van der Waals surface area contributed by atoms with Crippen molar-refractivity contribution in [1.82, 2.24) is 0 Å². The molecule has 0 N–H and O–H groups in total. The first-order valence-corrected chi connectivity index (χ1v) is 11.8. The molecule has 0 unspecified atom stereocenters. The fourth-order valence-corrected chi connectivity index (χ4v) is 5.04. The van der Waals surface area contributed by atoms with Crippen molar-refractivity contribution in [3.8, 4) is 11.8 Å². The number of rotatable bonds is 6. The van der Waals surface area contributed by atoms with E-state index in [9.17, 15) is 8.78 Å². The van der Waals surface area contributed by atoms with Crippen molar-refractivity contribution in [2.75, 3.05) is 0 Å². The van der Waals surface area contributed by atoms with Crippen molar-refractivity contribution in [1.29, 1.82) is 0 Å². The van der Waals surface area contributed by atoms with E-state index >= 15 is 0 Å². The first kappa shape index (κ1) is 22.1. The summed E-state index contributed by atoms with van der Waals surface area (Å²) in [5.41, 5.74) is 0.931. The van der Waals surface area contributed by atoms with Gasteiger partial charge in [0.25, 0.3) is 0 Å². The van der Waals surface area contributed by atoms with Gasteiger partial charge in [-0.2, -0.15) is 0 Å². The van der Waals surface area contributed by atoms with E-state index < -0.39 is 11.6 Å². The molecular formula is C27H36F2. The minimum absolute atomic E-state index is 0.339. The molecule has 2 aliphatic rings. The lowest BCUT2D eigenvalue weighted by Gasteiger charge is -2.26. The van der Waals surface area contributed by atoms with Gasteiger partial charge in [-0.25, -0.2) is 8.78 Å². The van der Waals surface area contributed by atoms with E-state index in [0.29, 0.717) is 11.8 Å². The minimum atomic E-state index is -0.759. The molecule has 0 spiro atoms. The van der Waals surface area contributed by atoms with E-state index in [1.54, 1.807) is 6.07 Å². The van der Waals surface area contributed by atoms with Gasteiger partial charge in [0.1, 0.15) is 0 Å². The van der Waals surface area contributed by atoms with Crippen LogP contribution in [0.25, 0.3) is 0 Å². The monoisotopic (exact) mass is 398 g/mol. The molecule has 0 heterocycles. The third-order valence-electron chi connectivity index (χ3n) is 6.99. The van der Waals surface area contributed by atoms with Crippen molar-refractivity contribution >= 4 is 0 Å². The fraction of sp³-hybridized carbons (Fsp3) is 0.630. The second-order valence-electron chi connectivity index (χ2n) is 9.15. The highest BCUT2D eigenvalue weighted by Crippen LogP contribution is 2.36. The Kier molecular flexibility index (Phi) is 8.78. The van der Waals surface area contributed by atoms with E-state index in [4.69, 9.17) is 0 Å². The van der Waals surface area contributed by atoms with Crippen LogP contribution in [0.15, 0.2) is 30.4 Å². The van der Waals surface area contributed by atoms with Gasteiger partial charge in [0.05, 0.1) is 0 Å². The zero-order valence-corrected chi connectivity index (χ0v) is 17.9. The van der Waals surface area contributed by atoms with Gasteiger partial charge in [-0.1, -0.05) is 56.6 Å². The smallest absolute Gasteiger partial charge is 0.159 e. The normalized spacial score (nSPS) is 27.6. The number of unbranched alkanes of at least 4 members (excludes halogenated alkanes) is 2. The molecule has 29 heavy (non-hydrogen) atoms. The van der Waals surface area contributed by atoms with Crippen molar-refractivity contribution < 1.29 is 8.78 Å². The van der Waals surface area contributed by atoms with Gasteiger partial charge in [-0.15, -0.1) is 0 Å². The maximum Gasteiger partial charge on any atom is 0.159 e. The maximum absolute atomic E-state index is 13.5. The van der Waals surface area contributed by atoms with E-state index in [2.05, 4.69) is 30.9 Å². The third-order valence-corrected chi connectivity index (χ3v) is 6.99. The average Bonchev–Trinajstić information content (AvgIpc) is 2.75. The van der Waals surface area contributed by atoms with Gasteiger partial charge in [0.15, 0.2) is 11.6 Å². The molecule has 0 saturated heterocycles. The number of benzene rings is 1. The third kappa shape index (κ3) is 6.98. The molecule has 1 aromatic rings. The Morgan fingerprint density at radius 1 is 0.931 bits per heavy atom. The van der Waals surface area contributed by atoms with Gasteiger partial charge >= 0.3 is 0 Å². The number of hydrogen-bond acceptors (Lipinski definition) is 0. The molecule has 3 rings (SSSR count). The SMILES string of the molecule is CCCCCC1CCC(/C=C/C#CC2CCC(c3ccc(F)c(F)c3)CC2)CC1. The Bertz CT molecular complexity index is 708. The Morgan fingerprint density at radius 2 is 1.69 bits per heavy atom. The topological polar surface area (TPSA) is 0 Å². The second-order valence-corrected chi connectivity index (χ2v) is 9.15. The molecule has 0 bridgehead atoms. The number of hydrogen-bond donors (Lipinski definition) is 0. The Morgan fingerprint density at radius 3 is 2.38 bits per heavy atom. The van der Waals surface area contributed by atoms with Crippen LogP contribution >= 0.6 is 0 Å². The van der Waals surface area contributed by atoms with Crippen molar-refractivity contribution in [3.63, 3.8) is 0 Å². The van der Waals surface area contributed by atoms with E-state index in [-0.39, 0.29) is 0 Å². The first-order valence-electron chi connectivity index (χ1n) is 11.8. The summed E-state index contributed by atoms with van der Waals surface area (Å²) in [5, 5.41) is 0. The molecule has 1 aromatic carbocycles. The standard InChI is InChI=1S/C27H36F2/c1-2-3-4-7-21-10-12-22(13-11-21)8-5-6-9-23-14-16-24(17-15-23)25-18-19-26(28)27(29)20-25/h5,8,18-24H,2-4,7,10-17H2,1H3/b8-5+. The lowest BCUT2D eigenvalue weighted by molar-refractivity contribution is 0.289. The molecule has 0 aromatic heterocycles. The van der Waals surface area contributed by atoms with E-state index in [1.807, 2.05) is 0 Å². The lowest BCUT2D eigenvalue weighted by atomic mass is 9.79. The van der Waals surface area contributed by atoms with Gasteiger partial charge in [-0.3, -0.25) is 0 Å². The zero-order chi connectivity index (χ0) is 20.5. The van der Waals surface area contributed by atoms with Crippen LogP contribution < -0.4 is 0 Å². The van der Waals surface area contributed by atoms with Gasteiger partial charge in [-0.05, 0) is 92.9 Å². The highest BCUT2D eigenvalue weighted by Gasteiger charge is 2.22. The highest BCUT2D eigenvalue weighted by atomic mass is 19.2. The van der Waals surface area contributed by atoms with Crippen molar-refractivity contribution in [2.24, 2.45) is 17.8 Å². The molecule has 2 saturated carbocycles. The highest BCUT2D eigenvalue weighted by molar-refractivity contribution is 5.23. The Hall–Kier alpha value is -1.62. The van der Waals surface area contributed by atoms with Crippen LogP contribution in [-0.4, -0.2) is 0 Å². The van der Waals surface area contributed by atoms with Crippen LogP contribution in [0.3, 0.4) is 0 Å². The van der Waals surface area contributed by atoms with Crippen LogP contribution in [0, 0.1) is 41.2 Å². The largest absolute Gasteiger partial charge is 0.204 e. The molecular weight excluding hydrogens is 362 g/mol. The zero-order valence-electron chi connectivity index (χ0n) is 17.9. The minimum Gasteiger partial charge on any atom is -0.204 e. The van der Waals surface area contributed by atoms with Crippen LogP contribution in [0.5, 0.6) is 0 Å². The summed E-state index contributed by atoms with van der Waals surface area (Å²) in [6.45, 7) is 2.28. The molecule has 0 aliphatic heterocycles. The van der Waals surface area contributed by atoms with Crippen LogP contribution in [0.2, 0.25) is 0 Å². The molecule has 2 fully saturated rings. The Balaban J connectivity index is 1.37. The van der Waals surface area contributed by atoms with Crippen LogP contribution in [0.1, 0.15) is 95.5 Å². The maximum atomic E-state index is 13.5. The van der Waals surface area contributed by atoms with E-state index in [0.717, 1.165) is 43.1 Å². The fourth-order valence-electron chi connectivity index (χ4n) is 5.04. The van der Waals surface area contributed by atoms with E-state index in [1.165, 1.54) is 63.5 Å². The second kappa shape index (κ2) is 11.5. The summed E-state index contributed by atoms with van der Waals surface area (Å²) in [6.07, 6.45) is 19.5. The molecule has 0 radical (unpaired) electrons. The Labute approximate surface area is 176 Å². The summed E-state index contributed by atoms with van der Waals surface area (Å²) >= 11 is 0. The van der Waals surface area contributed by atoms with Crippen molar-refractivity contribution in [2.45, 2.75) is 89.9 Å². The molecule has 2 heteroatoms. The quantitative estimate of drug-likeness (QED) is 0.335. The van der Waals surface area contributed by atoms with Crippen molar-refractivity contribution in [3.05, 3.63) is 47.5 Å². The molecule has 2 aliphatic carbocycles. The van der Waals surface area contributed by atoms with Gasteiger partial charge in [0.2, 0.25) is 0 Å². The summed E-state index contributed by atoms with van der Waals surface area (Å²) < 4.78 is 26.6. The summed E-state index contributed by atoms with van der Waals surface area (Å²) in [6, 6.07) is 4.35. The van der Waals surface area contributed by atoms with Gasteiger partial charge < -0.3 is 0 Å². The first-order chi connectivity index (χ1) is 14.2. The van der Waals surface area contributed by atoms with Crippen LogP contribution in [0.4, 0.5) is 8.78 Å². The summed E-state index contributed by atoms with van der Waals surface area (Å²) in [7, 11) is 0. The molecule has 0 nitrogen and oxygen atoms in total.